The van der Waals surface area contributed by atoms with Crippen LogP contribution in [0.25, 0.3) is 0 Å². The van der Waals surface area contributed by atoms with Crippen molar-refractivity contribution in [2.45, 2.75) is 59.3 Å². The van der Waals surface area contributed by atoms with Crippen LogP contribution in [0, 0.1) is 0 Å². The monoisotopic (exact) mass is 325 g/mol. The van der Waals surface area contributed by atoms with Crippen molar-refractivity contribution in [1.82, 2.24) is 0 Å². The Hall–Kier alpha value is 0.523. The Kier molecular flexibility index (Phi) is 14.5. The van der Waals surface area contributed by atoms with Gasteiger partial charge in [0.05, 0.1) is 18.5 Å². The van der Waals surface area contributed by atoms with Gasteiger partial charge in [0.25, 0.3) is 0 Å². The van der Waals surface area contributed by atoms with Crippen molar-refractivity contribution in [2.24, 2.45) is 0 Å². The molecule has 2 nitrogen and oxygen atoms in total. The molecule has 104 valence electrons. The fraction of sp³-hybridized carbons (Fsp3) is 0.929. The molecule has 0 spiro atoms. The maximum absolute atomic E-state index is 11.1. The molecule has 0 aromatic heterocycles. The van der Waals surface area contributed by atoms with Gasteiger partial charge < -0.3 is 5.11 Å². The summed E-state index contributed by atoms with van der Waals surface area (Å²) in [6.45, 7) is 6.61. The molecule has 0 aromatic carbocycles. The molecule has 0 saturated heterocycles. The van der Waals surface area contributed by atoms with E-state index < -0.39 is 13.2 Å². The molecule has 0 bridgehead atoms. The predicted molar refractivity (Wildman–Crippen MR) is 78.7 cm³/mol. The molecule has 0 amide bonds. The first-order chi connectivity index (χ1) is 8.10. The van der Waals surface area contributed by atoms with Crippen LogP contribution in [0.1, 0.15) is 59.3 Å². The van der Waals surface area contributed by atoms with Gasteiger partial charge in [-0.05, 0) is 19.3 Å². The molecule has 0 fully saturated rings. The number of aliphatic carboxylic acids is 1. The second-order valence-corrected chi connectivity index (χ2v) is 9.47. The molecule has 0 unspecified atom stereocenters. The number of carboxylic acids is 1. The van der Waals surface area contributed by atoms with Gasteiger partial charge >= 0.3 is 5.97 Å². The van der Waals surface area contributed by atoms with Crippen LogP contribution in [0.4, 0.5) is 0 Å². The summed E-state index contributed by atoms with van der Waals surface area (Å²) in [5.41, 5.74) is 0. The van der Waals surface area contributed by atoms with Crippen molar-refractivity contribution in [2.75, 3.05) is 24.6 Å². The van der Waals surface area contributed by atoms with E-state index in [1.165, 1.54) is 57.0 Å². The van der Waals surface area contributed by atoms with E-state index in [9.17, 15) is 9.90 Å². The van der Waals surface area contributed by atoms with Crippen molar-refractivity contribution in [3.8, 4) is 0 Å². The maximum atomic E-state index is 11.1. The SMILES string of the molecule is CCCC[P+](CCCC)(CCCC)CC(=O)O.[Zn]. The summed E-state index contributed by atoms with van der Waals surface area (Å²) in [7, 11) is -1.20. The summed E-state index contributed by atoms with van der Waals surface area (Å²) in [5, 5.41) is 9.17. The van der Waals surface area contributed by atoms with Crippen LogP contribution in [0.15, 0.2) is 0 Å². The molecule has 1 N–H and O–H groups in total. The standard InChI is InChI=1S/C14H29O2P.Zn/c1-4-7-10-17(11-8-5-2,12-9-6-3)13-14(15)16;/h4-13H2,1-3H3;/p+1. The van der Waals surface area contributed by atoms with Gasteiger partial charge in [-0.15, -0.1) is 0 Å². The smallest absolute Gasteiger partial charge is 0.341 e. The Balaban J connectivity index is 0. The minimum atomic E-state index is -1.20. The summed E-state index contributed by atoms with van der Waals surface area (Å²) in [5.74, 6) is -0.568. The number of carbonyl (C=O) groups is 1. The zero-order chi connectivity index (χ0) is 13.1. The van der Waals surface area contributed by atoms with E-state index in [2.05, 4.69) is 20.8 Å². The van der Waals surface area contributed by atoms with Crippen LogP contribution >= 0.6 is 7.26 Å². The average Bonchev–Trinajstić information content (AvgIpc) is 2.30. The molecular weight excluding hydrogens is 297 g/mol. The van der Waals surface area contributed by atoms with Crippen LogP contribution in [0.3, 0.4) is 0 Å². The normalized spacial score (nSPS) is 11.1. The first-order valence-electron chi connectivity index (χ1n) is 7.17. The summed E-state index contributed by atoms with van der Waals surface area (Å²) in [6.07, 6.45) is 11.3. The van der Waals surface area contributed by atoms with Crippen molar-refractivity contribution < 1.29 is 29.4 Å². The van der Waals surface area contributed by atoms with Crippen LogP contribution in [-0.4, -0.2) is 35.7 Å². The minimum absolute atomic E-state index is 0. The molecule has 0 aliphatic carbocycles. The molecule has 0 rings (SSSR count). The summed E-state index contributed by atoms with van der Waals surface area (Å²) in [6, 6.07) is 0. The Morgan fingerprint density at radius 1 is 0.889 bits per heavy atom. The van der Waals surface area contributed by atoms with Gasteiger partial charge in [-0.1, -0.05) is 40.0 Å². The van der Waals surface area contributed by atoms with E-state index >= 15 is 0 Å². The Morgan fingerprint density at radius 2 is 1.22 bits per heavy atom. The maximum Gasteiger partial charge on any atom is 0.341 e. The molecule has 0 aliphatic rings. The first-order valence-corrected chi connectivity index (χ1v) is 9.70. The van der Waals surface area contributed by atoms with E-state index in [0.29, 0.717) is 6.16 Å². The number of rotatable bonds is 11. The van der Waals surface area contributed by atoms with Crippen LogP contribution in [0.5, 0.6) is 0 Å². The molecule has 0 aliphatic heterocycles. The third-order valence-corrected chi connectivity index (χ3v) is 8.16. The van der Waals surface area contributed by atoms with Gasteiger partial charge in [0.15, 0.2) is 6.16 Å². The Bertz CT molecular complexity index is 188. The van der Waals surface area contributed by atoms with Crippen molar-refractivity contribution >= 4 is 13.2 Å². The molecule has 0 radical (unpaired) electrons. The van der Waals surface area contributed by atoms with Crippen LogP contribution in [0.2, 0.25) is 0 Å². The van der Waals surface area contributed by atoms with Gasteiger partial charge in [0.1, 0.15) is 0 Å². The van der Waals surface area contributed by atoms with E-state index in [-0.39, 0.29) is 19.5 Å². The van der Waals surface area contributed by atoms with Crippen molar-refractivity contribution in [3.63, 3.8) is 0 Å². The number of carboxylic acid groups (broad SMARTS) is 1. The van der Waals surface area contributed by atoms with Gasteiger partial charge in [0.2, 0.25) is 0 Å². The van der Waals surface area contributed by atoms with Gasteiger partial charge in [-0.25, -0.2) is 4.79 Å². The third kappa shape index (κ3) is 9.45. The Morgan fingerprint density at radius 3 is 1.44 bits per heavy atom. The Labute approximate surface area is 126 Å². The molecule has 18 heavy (non-hydrogen) atoms. The molecule has 4 heteroatoms. The second kappa shape index (κ2) is 12.6. The number of hydrogen-bond donors (Lipinski definition) is 1. The fourth-order valence-corrected chi connectivity index (χ4v) is 7.02. The molecular formula is C14H30O2PZn+. The minimum Gasteiger partial charge on any atom is -0.479 e. The zero-order valence-corrected chi connectivity index (χ0v) is 16.4. The van der Waals surface area contributed by atoms with Crippen molar-refractivity contribution in [3.05, 3.63) is 0 Å². The average molecular weight is 327 g/mol. The van der Waals surface area contributed by atoms with E-state index in [1.807, 2.05) is 0 Å². The quantitative estimate of drug-likeness (QED) is 0.449. The van der Waals surface area contributed by atoms with Crippen molar-refractivity contribution in [1.29, 1.82) is 0 Å². The summed E-state index contributed by atoms with van der Waals surface area (Å²) >= 11 is 0. The van der Waals surface area contributed by atoms with Gasteiger partial charge in [-0.2, -0.15) is 0 Å². The zero-order valence-electron chi connectivity index (χ0n) is 12.6. The van der Waals surface area contributed by atoms with E-state index in [0.717, 1.165) is 0 Å². The number of hydrogen-bond acceptors (Lipinski definition) is 1. The molecule has 0 aromatic rings. The summed E-state index contributed by atoms with van der Waals surface area (Å²) in [4.78, 5) is 11.1. The molecule has 0 atom stereocenters. The van der Waals surface area contributed by atoms with E-state index in [1.54, 1.807) is 0 Å². The van der Waals surface area contributed by atoms with Crippen LogP contribution < -0.4 is 0 Å². The largest absolute Gasteiger partial charge is 0.479 e. The fourth-order valence-electron chi connectivity index (χ4n) is 2.34. The van der Waals surface area contributed by atoms with Gasteiger partial charge in [-0.3, -0.25) is 0 Å². The van der Waals surface area contributed by atoms with Crippen LogP contribution in [-0.2, 0) is 24.3 Å². The summed E-state index contributed by atoms with van der Waals surface area (Å²) < 4.78 is 0. The molecule has 0 saturated carbocycles. The predicted octanol–water partition coefficient (Wildman–Crippen LogP) is 4.49. The third-order valence-electron chi connectivity index (χ3n) is 3.43. The van der Waals surface area contributed by atoms with Gasteiger partial charge in [0, 0.05) is 26.7 Å². The molecule has 0 heterocycles. The van der Waals surface area contributed by atoms with E-state index in [4.69, 9.17) is 0 Å². The number of unbranched alkanes of at least 4 members (excludes halogenated alkanes) is 3. The first kappa shape index (κ1) is 20.8. The second-order valence-electron chi connectivity index (χ2n) is 5.12. The topological polar surface area (TPSA) is 37.3 Å².